The fraction of sp³-hybridized carbons (Fsp3) is 0.462. The number of ketones is 1. The Morgan fingerprint density at radius 3 is 2.67 bits per heavy atom. The second kappa shape index (κ2) is 4.69. The Bertz CT molecular complexity index is 478. The quantitative estimate of drug-likeness (QED) is 0.792. The van der Waals surface area contributed by atoms with Crippen molar-refractivity contribution in [3.8, 4) is 0 Å². The molecule has 0 aromatic heterocycles. The van der Waals surface area contributed by atoms with E-state index in [1.54, 1.807) is 25.2 Å². The minimum atomic E-state index is -1.79. The van der Waals surface area contributed by atoms with Crippen molar-refractivity contribution in [1.82, 2.24) is 5.32 Å². The van der Waals surface area contributed by atoms with Crippen LogP contribution in [0.5, 0.6) is 0 Å². The molecule has 2 N–H and O–H groups in total. The molecule has 2 rings (SSSR count). The summed E-state index contributed by atoms with van der Waals surface area (Å²) in [5.41, 5.74) is -2.12. The van der Waals surface area contributed by atoms with Gasteiger partial charge in [-0.25, -0.2) is 0 Å². The number of hydrogen-bond donors (Lipinski definition) is 2. The van der Waals surface area contributed by atoms with Crippen LogP contribution in [0.2, 0.25) is 5.02 Å². The van der Waals surface area contributed by atoms with Crippen molar-refractivity contribution in [3.63, 3.8) is 0 Å². The van der Waals surface area contributed by atoms with Gasteiger partial charge in [0.25, 0.3) is 0 Å². The van der Waals surface area contributed by atoms with Crippen LogP contribution in [0.25, 0.3) is 0 Å². The monoisotopic (exact) mass is 263 g/mol. The Hall–Kier alpha value is -0.835. The lowest BCUT2D eigenvalue weighted by Crippen LogP contribution is -2.60. The molecule has 0 bridgehead atoms. The number of nitrogens with one attached hydrogen (secondary N) is 1. The van der Waals surface area contributed by atoms with Gasteiger partial charge in [-0.2, -0.15) is 0 Å². The lowest BCUT2D eigenvalue weighted by Gasteiger charge is -2.43. The minimum Gasteiger partial charge on any atom is -0.392 e. The van der Waals surface area contributed by atoms with Crippen molar-refractivity contribution < 1.29 is 9.90 Å². The van der Waals surface area contributed by atoms with E-state index >= 15 is 0 Å². The highest BCUT2D eigenvalue weighted by Gasteiger charge is 2.50. The zero-order valence-electron chi connectivity index (χ0n) is 10.2. The van der Waals surface area contributed by atoms with E-state index in [4.69, 9.17) is 19.4 Å². The Morgan fingerprint density at radius 1 is 1.39 bits per heavy atom. The van der Waals surface area contributed by atoms with Crippen LogP contribution in [0, 0.1) is 0 Å². The van der Waals surface area contributed by atoms with Gasteiger partial charge in [0.15, 0.2) is 5.78 Å². The van der Waals surface area contributed by atoms with Crippen LogP contribution in [-0.2, 0) is 10.3 Å². The summed E-state index contributed by atoms with van der Waals surface area (Å²) < 4.78 is 0. The van der Waals surface area contributed by atoms with Crippen molar-refractivity contribution in [2.75, 3.05) is 7.05 Å². The van der Waals surface area contributed by atoms with E-state index in [0.29, 0.717) is 23.4 Å². The summed E-state index contributed by atoms with van der Waals surface area (Å²) in [5, 5.41) is 13.5. The summed E-state index contributed by atoms with van der Waals surface area (Å²) in [6.07, 6.45) is 1.51. The van der Waals surface area contributed by atoms with Gasteiger partial charge in [-0.3, -0.25) is 4.79 Å². The van der Waals surface area contributed by atoms with Gasteiger partial charge in [-0.05, 0) is 37.9 Å². The molecule has 0 amide bonds. The molecule has 1 unspecified atom stereocenters. The number of aliphatic hydroxyl groups is 1. The van der Waals surface area contributed by atoms with Gasteiger partial charge in [-0.15, -0.1) is 0 Å². The molecular formula is C13H15BClNO2. The Balaban J connectivity index is 2.55. The Labute approximate surface area is 113 Å². The molecule has 3 nitrogen and oxygen atoms in total. The molecule has 2 radical (unpaired) electrons. The summed E-state index contributed by atoms with van der Waals surface area (Å²) in [5.74, 6) is -0.420. The fourth-order valence-electron chi connectivity index (χ4n) is 2.66. The van der Waals surface area contributed by atoms with E-state index in [9.17, 15) is 9.90 Å². The zero-order chi connectivity index (χ0) is 13.4. The number of hydrogen-bond acceptors (Lipinski definition) is 3. The van der Waals surface area contributed by atoms with E-state index < -0.39 is 16.8 Å². The van der Waals surface area contributed by atoms with Crippen molar-refractivity contribution in [3.05, 3.63) is 34.9 Å². The molecule has 1 aliphatic rings. The van der Waals surface area contributed by atoms with Gasteiger partial charge in [0.05, 0.1) is 5.50 Å². The third-order valence-corrected chi connectivity index (χ3v) is 3.98. The van der Waals surface area contributed by atoms with Crippen LogP contribution in [0.15, 0.2) is 24.3 Å². The highest BCUT2D eigenvalue weighted by molar-refractivity contribution is 6.33. The normalized spacial score (nSPS) is 32.5. The second-order valence-electron chi connectivity index (χ2n) is 4.74. The van der Waals surface area contributed by atoms with Gasteiger partial charge in [0.1, 0.15) is 13.4 Å². The predicted molar refractivity (Wildman–Crippen MR) is 71.8 cm³/mol. The van der Waals surface area contributed by atoms with E-state index in [1.807, 2.05) is 6.07 Å². The molecule has 5 heteroatoms. The van der Waals surface area contributed by atoms with E-state index in [1.165, 1.54) is 0 Å². The third kappa shape index (κ3) is 1.98. The van der Waals surface area contributed by atoms with Crippen molar-refractivity contribution >= 4 is 25.2 Å². The smallest absolute Gasteiger partial charge is 0.179 e. The maximum absolute atomic E-state index is 12.5. The van der Waals surface area contributed by atoms with E-state index in [0.717, 1.165) is 0 Å². The van der Waals surface area contributed by atoms with Crippen LogP contribution >= 0.6 is 11.6 Å². The Morgan fingerprint density at radius 2 is 2.06 bits per heavy atom. The summed E-state index contributed by atoms with van der Waals surface area (Å²) >= 11 is 6.17. The maximum atomic E-state index is 12.5. The lowest BCUT2D eigenvalue weighted by atomic mass is 9.61. The van der Waals surface area contributed by atoms with Crippen LogP contribution < -0.4 is 5.32 Å². The maximum Gasteiger partial charge on any atom is 0.179 e. The molecule has 94 valence electrons. The first kappa shape index (κ1) is 13.6. The number of likely N-dealkylation sites (N-methyl/N-ethyl adjacent to an activating group) is 1. The number of halogens is 1. The van der Waals surface area contributed by atoms with Crippen LogP contribution in [0.4, 0.5) is 0 Å². The summed E-state index contributed by atoms with van der Waals surface area (Å²) in [6.45, 7) is 0. The standard InChI is InChI=1S/C13H15BClNO2/c1-16-12(9-5-2-3-6-10(9)15)7-4-8-13(14,18)11(12)17/h2-3,5-6,16,18H,4,7-8H2,1H3/t12-,13?/m1/s1. The molecule has 1 aliphatic carbocycles. The van der Waals surface area contributed by atoms with Gasteiger partial charge < -0.3 is 10.4 Å². The average Bonchev–Trinajstić information content (AvgIpc) is 2.34. The highest BCUT2D eigenvalue weighted by Crippen LogP contribution is 2.40. The second-order valence-corrected chi connectivity index (χ2v) is 5.15. The van der Waals surface area contributed by atoms with Crippen molar-refractivity contribution in [2.24, 2.45) is 0 Å². The first-order chi connectivity index (χ1) is 8.44. The highest BCUT2D eigenvalue weighted by atomic mass is 35.5. The van der Waals surface area contributed by atoms with Gasteiger partial charge in [-0.1, -0.05) is 29.8 Å². The van der Waals surface area contributed by atoms with Gasteiger partial charge in [0, 0.05) is 5.02 Å². The molecular weight excluding hydrogens is 248 g/mol. The summed E-state index contributed by atoms with van der Waals surface area (Å²) in [4.78, 5) is 12.5. The number of Topliss-reactive ketones (excluding diaryl/α,β-unsaturated/α-hetero) is 1. The molecule has 1 aromatic carbocycles. The largest absolute Gasteiger partial charge is 0.392 e. The molecule has 0 aliphatic heterocycles. The topological polar surface area (TPSA) is 49.3 Å². The molecule has 18 heavy (non-hydrogen) atoms. The molecule has 1 fully saturated rings. The summed E-state index contributed by atoms with van der Waals surface area (Å²) in [7, 11) is 7.37. The van der Waals surface area contributed by atoms with Crippen molar-refractivity contribution in [1.29, 1.82) is 0 Å². The molecule has 2 atom stereocenters. The minimum absolute atomic E-state index is 0.277. The fourth-order valence-corrected chi connectivity index (χ4v) is 2.95. The molecule has 1 saturated carbocycles. The number of benzene rings is 1. The third-order valence-electron chi connectivity index (χ3n) is 3.65. The Kier molecular flexibility index (Phi) is 3.54. The summed E-state index contributed by atoms with van der Waals surface area (Å²) in [6, 6.07) is 7.14. The first-order valence-electron chi connectivity index (χ1n) is 5.94. The van der Waals surface area contributed by atoms with Gasteiger partial charge in [0.2, 0.25) is 0 Å². The molecule has 0 heterocycles. The number of carbonyl (C=O) groups is 1. The average molecular weight is 264 g/mol. The van der Waals surface area contributed by atoms with E-state index in [-0.39, 0.29) is 6.42 Å². The number of rotatable bonds is 2. The van der Waals surface area contributed by atoms with Crippen molar-refractivity contribution in [2.45, 2.75) is 30.3 Å². The SMILES string of the molecule is [B]C1(O)CCC[C@@](NC)(c2ccccc2Cl)C1=O. The number of carbonyl (C=O) groups excluding carboxylic acids is 1. The van der Waals surface area contributed by atoms with E-state index in [2.05, 4.69) is 5.32 Å². The lowest BCUT2D eigenvalue weighted by molar-refractivity contribution is -0.141. The van der Waals surface area contributed by atoms with Crippen LogP contribution in [0.1, 0.15) is 24.8 Å². The zero-order valence-corrected chi connectivity index (χ0v) is 11.0. The van der Waals surface area contributed by atoms with Crippen LogP contribution in [-0.4, -0.2) is 31.3 Å². The molecule has 1 aromatic rings. The first-order valence-corrected chi connectivity index (χ1v) is 6.32. The van der Waals surface area contributed by atoms with Crippen LogP contribution in [0.3, 0.4) is 0 Å². The molecule has 0 saturated heterocycles. The van der Waals surface area contributed by atoms with Gasteiger partial charge >= 0.3 is 0 Å². The predicted octanol–water partition coefficient (Wildman–Crippen LogP) is 1.36. The molecule has 0 spiro atoms.